The molecule has 0 bridgehead atoms. The summed E-state index contributed by atoms with van der Waals surface area (Å²) in [5, 5.41) is 4.37. The molecule has 1 aliphatic carbocycles. The summed E-state index contributed by atoms with van der Waals surface area (Å²) in [4.78, 5) is 2.44. The van der Waals surface area contributed by atoms with E-state index in [0.717, 1.165) is 49.8 Å². The molecule has 0 aromatic rings. The summed E-state index contributed by atoms with van der Waals surface area (Å²) in [6.45, 7) is 5.77. The highest BCUT2D eigenvalue weighted by Gasteiger charge is 2.36. The highest BCUT2D eigenvalue weighted by atomic mass is 32.1. The van der Waals surface area contributed by atoms with E-state index in [0.29, 0.717) is 0 Å². The number of likely N-dealkylation sites (tertiary alicyclic amines) is 1. The molecule has 1 N–H and O–H groups in total. The topological polar surface area (TPSA) is 24.5 Å². The highest BCUT2D eigenvalue weighted by Crippen LogP contribution is 2.35. The van der Waals surface area contributed by atoms with Crippen LogP contribution in [0.1, 0.15) is 45.4 Å². The van der Waals surface area contributed by atoms with Gasteiger partial charge in [0.25, 0.3) is 0 Å². The number of nitrogens with zero attached hydrogens (tertiary/aromatic N) is 1. The second kappa shape index (κ2) is 7.29. The van der Waals surface area contributed by atoms with Gasteiger partial charge in [0.2, 0.25) is 0 Å². The van der Waals surface area contributed by atoms with Crippen molar-refractivity contribution in [2.45, 2.75) is 51.5 Å². The monoisotopic (exact) mass is 270 g/mol. The second-order valence-electron chi connectivity index (χ2n) is 5.38. The Bertz CT molecular complexity index is 273. The van der Waals surface area contributed by atoms with Gasteiger partial charge in [-0.2, -0.15) is 0 Å². The first-order chi connectivity index (χ1) is 8.83. The Hall–Kier alpha value is -0.350. The zero-order valence-corrected chi connectivity index (χ0v) is 12.3. The van der Waals surface area contributed by atoms with E-state index in [2.05, 4.69) is 10.2 Å². The molecule has 1 saturated carbocycles. The summed E-state index contributed by atoms with van der Waals surface area (Å²) in [5.41, 5.74) is 0. The molecule has 2 fully saturated rings. The SMILES string of the molecule is CCOCCCNC(=S)N1CCC2CCCCC21. The number of hydrogen-bond acceptors (Lipinski definition) is 2. The lowest BCUT2D eigenvalue weighted by Crippen LogP contribution is -2.45. The van der Waals surface area contributed by atoms with Crippen molar-refractivity contribution in [2.24, 2.45) is 5.92 Å². The summed E-state index contributed by atoms with van der Waals surface area (Å²) in [5.74, 6) is 0.905. The van der Waals surface area contributed by atoms with Gasteiger partial charge in [0, 0.05) is 32.3 Å². The normalized spacial score (nSPS) is 27.1. The average Bonchev–Trinajstić information content (AvgIpc) is 2.82. The Morgan fingerprint density at radius 2 is 2.17 bits per heavy atom. The molecule has 0 aromatic carbocycles. The third-order valence-corrected chi connectivity index (χ3v) is 4.60. The first kappa shape index (κ1) is 14.1. The summed E-state index contributed by atoms with van der Waals surface area (Å²) in [7, 11) is 0. The standard InChI is InChI=1S/C14H26N2OS/c1-2-17-11-5-9-15-14(18)16-10-8-12-6-3-4-7-13(12)16/h12-13H,2-11H2,1H3,(H,15,18). The Labute approximate surface area is 116 Å². The van der Waals surface area contributed by atoms with Gasteiger partial charge < -0.3 is 15.0 Å². The lowest BCUT2D eigenvalue weighted by molar-refractivity contribution is 0.145. The molecule has 1 heterocycles. The molecule has 1 aliphatic heterocycles. The molecule has 4 heteroatoms. The Kier molecular flexibility index (Phi) is 5.70. The molecule has 2 aliphatic rings. The fraction of sp³-hybridized carbons (Fsp3) is 0.929. The Balaban J connectivity index is 1.69. The number of hydrogen-bond donors (Lipinski definition) is 1. The highest BCUT2D eigenvalue weighted by molar-refractivity contribution is 7.80. The average molecular weight is 270 g/mol. The first-order valence-electron chi connectivity index (χ1n) is 7.45. The van der Waals surface area contributed by atoms with Gasteiger partial charge in [-0.1, -0.05) is 12.8 Å². The van der Waals surface area contributed by atoms with E-state index in [-0.39, 0.29) is 0 Å². The molecule has 0 amide bonds. The molecule has 2 rings (SSSR count). The molecule has 0 radical (unpaired) electrons. The predicted octanol–water partition coefficient (Wildman–Crippen LogP) is 2.55. The zero-order chi connectivity index (χ0) is 12.8. The quantitative estimate of drug-likeness (QED) is 0.613. The molecule has 3 nitrogen and oxygen atoms in total. The van der Waals surface area contributed by atoms with Gasteiger partial charge in [0.1, 0.15) is 0 Å². The number of fused-ring (bicyclic) bond motifs is 1. The van der Waals surface area contributed by atoms with Crippen molar-refractivity contribution < 1.29 is 4.74 Å². The minimum absolute atomic E-state index is 0.727. The van der Waals surface area contributed by atoms with Crippen LogP contribution in [0.4, 0.5) is 0 Å². The van der Waals surface area contributed by atoms with Crippen LogP contribution in [0.25, 0.3) is 0 Å². The summed E-state index contributed by atoms with van der Waals surface area (Å²) < 4.78 is 5.33. The van der Waals surface area contributed by atoms with Gasteiger partial charge in [0.05, 0.1) is 0 Å². The molecular weight excluding hydrogens is 244 g/mol. The van der Waals surface area contributed by atoms with E-state index in [1.165, 1.54) is 32.1 Å². The second-order valence-corrected chi connectivity index (χ2v) is 5.76. The van der Waals surface area contributed by atoms with Crippen molar-refractivity contribution in [3.05, 3.63) is 0 Å². The lowest BCUT2D eigenvalue weighted by atomic mass is 9.85. The maximum Gasteiger partial charge on any atom is 0.169 e. The number of thiocarbonyl (C=S) groups is 1. The van der Waals surface area contributed by atoms with Crippen molar-refractivity contribution in [1.82, 2.24) is 10.2 Å². The fourth-order valence-corrected chi connectivity index (χ4v) is 3.60. The van der Waals surface area contributed by atoms with Crippen LogP contribution in [-0.4, -0.2) is 42.4 Å². The molecule has 104 valence electrons. The molecule has 0 spiro atoms. The van der Waals surface area contributed by atoms with Crippen molar-refractivity contribution in [2.75, 3.05) is 26.3 Å². The van der Waals surface area contributed by atoms with Crippen molar-refractivity contribution >= 4 is 17.3 Å². The van der Waals surface area contributed by atoms with E-state index < -0.39 is 0 Å². The van der Waals surface area contributed by atoms with Gasteiger partial charge in [0.15, 0.2) is 5.11 Å². The maximum atomic E-state index is 5.53. The van der Waals surface area contributed by atoms with Crippen LogP contribution < -0.4 is 5.32 Å². The molecular formula is C14H26N2OS. The van der Waals surface area contributed by atoms with Crippen LogP contribution in [0.3, 0.4) is 0 Å². The van der Waals surface area contributed by atoms with Crippen molar-refractivity contribution in [3.63, 3.8) is 0 Å². The van der Waals surface area contributed by atoms with Crippen LogP contribution in [0.5, 0.6) is 0 Å². The van der Waals surface area contributed by atoms with Crippen LogP contribution in [0, 0.1) is 5.92 Å². The van der Waals surface area contributed by atoms with Crippen molar-refractivity contribution in [3.8, 4) is 0 Å². The third-order valence-electron chi connectivity index (χ3n) is 4.22. The van der Waals surface area contributed by atoms with E-state index >= 15 is 0 Å². The van der Waals surface area contributed by atoms with Crippen LogP contribution in [-0.2, 0) is 4.74 Å². The summed E-state index contributed by atoms with van der Waals surface area (Å²) in [6.07, 6.45) is 7.93. The first-order valence-corrected chi connectivity index (χ1v) is 7.86. The molecule has 0 aromatic heterocycles. The van der Waals surface area contributed by atoms with E-state index in [4.69, 9.17) is 17.0 Å². The molecule has 1 saturated heterocycles. The Morgan fingerprint density at radius 1 is 1.33 bits per heavy atom. The van der Waals surface area contributed by atoms with Crippen LogP contribution >= 0.6 is 12.2 Å². The summed E-state index contributed by atoms with van der Waals surface area (Å²) in [6, 6.07) is 0.727. The lowest BCUT2D eigenvalue weighted by Gasteiger charge is -2.33. The van der Waals surface area contributed by atoms with Crippen LogP contribution in [0.2, 0.25) is 0 Å². The fourth-order valence-electron chi connectivity index (χ4n) is 3.27. The third kappa shape index (κ3) is 3.58. The van der Waals surface area contributed by atoms with E-state index in [9.17, 15) is 0 Å². The maximum absolute atomic E-state index is 5.53. The van der Waals surface area contributed by atoms with E-state index in [1.807, 2.05) is 6.92 Å². The number of nitrogens with one attached hydrogen (secondary N) is 1. The van der Waals surface area contributed by atoms with Gasteiger partial charge in [-0.05, 0) is 50.7 Å². The summed E-state index contributed by atoms with van der Waals surface area (Å²) >= 11 is 5.53. The smallest absolute Gasteiger partial charge is 0.169 e. The van der Waals surface area contributed by atoms with Gasteiger partial charge in [-0.3, -0.25) is 0 Å². The van der Waals surface area contributed by atoms with Crippen LogP contribution in [0.15, 0.2) is 0 Å². The molecule has 2 atom stereocenters. The van der Waals surface area contributed by atoms with E-state index in [1.54, 1.807) is 0 Å². The Morgan fingerprint density at radius 3 is 3.00 bits per heavy atom. The van der Waals surface area contributed by atoms with Gasteiger partial charge in [-0.15, -0.1) is 0 Å². The minimum atomic E-state index is 0.727. The molecule has 2 unspecified atom stereocenters. The largest absolute Gasteiger partial charge is 0.382 e. The number of ether oxygens (including phenoxy) is 1. The van der Waals surface area contributed by atoms with Crippen molar-refractivity contribution in [1.29, 1.82) is 0 Å². The zero-order valence-electron chi connectivity index (χ0n) is 11.5. The van der Waals surface area contributed by atoms with Gasteiger partial charge >= 0.3 is 0 Å². The van der Waals surface area contributed by atoms with Gasteiger partial charge in [-0.25, -0.2) is 0 Å². The number of rotatable bonds is 5. The minimum Gasteiger partial charge on any atom is -0.382 e. The predicted molar refractivity (Wildman–Crippen MR) is 78.8 cm³/mol. The molecule has 18 heavy (non-hydrogen) atoms.